The molecule has 2 aromatic rings. The van der Waals surface area contributed by atoms with Crippen LogP contribution in [0, 0.1) is 0 Å². The molecule has 3 N–H and O–H groups in total. The molecule has 0 radical (unpaired) electrons. The number of nitrogens with one attached hydrogen (secondary N) is 3. The minimum Gasteiger partial charge on any atom is -0.494 e. The van der Waals surface area contributed by atoms with Crippen molar-refractivity contribution in [3.8, 4) is 17.2 Å². The molecular weight excluding hydrogens is 428 g/mol. The van der Waals surface area contributed by atoms with Crippen LogP contribution in [0.2, 0.25) is 0 Å². The first-order valence-corrected chi connectivity index (χ1v) is 10.5. The Morgan fingerprint density at radius 3 is 2.27 bits per heavy atom. The number of hydrazone groups is 1. The van der Waals surface area contributed by atoms with Gasteiger partial charge >= 0.3 is 11.8 Å². The summed E-state index contributed by atoms with van der Waals surface area (Å²) in [6.07, 6.45) is 1.36. The van der Waals surface area contributed by atoms with E-state index in [1.807, 2.05) is 13.8 Å². The van der Waals surface area contributed by atoms with Gasteiger partial charge in [0.15, 0.2) is 18.1 Å². The highest BCUT2D eigenvalue weighted by molar-refractivity contribution is 6.35. The zero-order valence-electron chi connectivity index (χ0n) is 18.8. The summed E-state index contributed by atoms with van der Waals surface area (Å²) >= 11 is 0. The third-order valence-electron chi connectivity index (χ3n) is 4.00. The molecule has 3 amide bonds. The quantitative estimate of drug-likeness (QED) is 0.270. The van der Waals surface area contributed by atoms with Gasteiger partial charge in [0.1, 0.15) is 5.75 Å². The van der Waals surface area contributed by atoms with E-state index in [-0.39, 0.29) is 12.5 Å². The van der Waals surface area contributed by atoms with Crippen LogP contribution in [0.4, 0.5) is 5.69 Å². The molecule has 0 heterocycles. The molecule has 33 heavy (non-hydrogen) atoms. The summed E-state index contributed by atoms with van der Waals surface area (Å²) in [7, 11) is 0. The van der Waals surface area contributed by atoms with E-state index in [0.29, 0.717) is 42.5 Å². The molecule has 0 saturated carbocycles. The van der Waals surface area contributed by atoms with Crippen LogP contribution < -0.4 is 30.3 Å². The number of likely N-dealkylation sites (N-methyl/N-ethyl adjacent to an activating group) is 1. The lowest BCUT2D eigenvalue weighted by atomic mass is 10.2. The molecular formula is C23H28N4O6. The molecule has 0 aromatic heterocycles. The molecule has 2 aromatic carbocycles. The fraction of sp³-hybridized carbons (Fsp3) is 0.304. The van der Waals surface area contributed by atoms with Gasteiger partial charge in [0.25, 0.3) is 5.91 Å². The van der Waals surface area contributed by atoms with Gasteiger partial charge in [-0.15, -0.1) is 0 Å². The second-order valence-electron chi connectivity index (χ2n) is 6.49. The summed E-state index contributed by atoms with van der Waals surface area (Å²) < 4.78 is 16.6. The van der Waals surface area contributed by atoms with Gasteiger partial charge in [-0.2, -0.15) is 5.10 Å². The summed E-state index contributed by atoms with van der Waals surface area (Å²) in [6, 6.07) is 12.0. The van der Waals surface area contributed by atoms with Gasteiger partial charge in [0, 0.05) is 12.2 Å². The van der Waals surface area contributed by atoms with Crippen LogP contribution in [-0.4, -0.2) is 50.3 Å². The Morgan fingerprint density at radius 2 is 1.61 bits per heavy atom. The molecule has 2 rings (SSSR count). The van der Waals surface area contributed by atoms with E-state index < -0.39 is 11.8 Å². The summed E-state index contributed by atoms with van der Waals surface area (Å²) in [4.78, 5) is 35.2. The van der Waals surface area contributed by atoms with E-state index in [4.69, 9.17) is 14.2 Å². The number of rotatable bonds is 11. The van der Waals surface area contributed by atoms with Crippen molar-refractivity contribution in [1.82, 2.24) is 10.7 Å². The van der Waals surface area contributed by atoms with Crippen molar-refractivity contribution in [2.75, 3.05) is 31.7 Å². The Kier molecular flexibility index (Phi) is 10.2. The second-order valence-corrected chi connectivity index (χ2v) is 6.49. The van der Waals surface area contributed by atoms with E-state index in [2.05, 4.69) is 21.2 Å². The molecule has 0 aliphatic rings. The van der Waals surface area contributed by atoms with E-state index in [1.165, 1.54) is 6.21 Å². The molecule has 0 aliphatic heterocycles. The molecule has 0 saturated heterocycles. The number of benzene rings is 2. The number of amides is 3. The molecule has 0 aliphatic carbocycles. The van der Waals surface area contributed by atoms with E-state index in [0.717, 1.165) is 5.75 Å². The van der Waals surface area contributed by atoms with Crippen LogP contribution in [0.1, 0.15) is 26.3 Å². The van der Waals surface area contributed by atoms with Crippen LogP contribution in [0.5, 0.6) is 17.2 Å². The predicted molar refractivity (Wildman–Crippen MR) is 124 cm³/mol. The van der Waals surface area contributed by atoms with Gasteiger partial charge < -0.3 is 24.8 Å². The molecule has 10 nitrogen and oxygen atoms in total. The predicted octanol–water partition coefficient (Wildman–Crippen LogP) is 2.09. The average molecular weight is 456 g/mol. The maximum atomic E-state index is 12.2. The Balaban J connectivity index is 1.94. The summed E-state index contributed by atoms with van der Waals surface area (Å²) in [5.41, 5.74) is 3.36. The van der Waals surface area contributed by atoms with E-state index in [1.54, 1.807) is 49.4 Å². The maximum absolute atomic E-state index is 12.2. The molecule has 0 spiro atoms. The van der Waals surface area contributed by atoms with Crippen LogP contribution in [-0.2, 0) is 14.4 Å². The van der Waals surface area contributed by atoms with Crippen molar-refractivity contribution < 1.29 is 28.6 Å². The Hall–Kier alpha value is -4.08. The third-order valence-corrected chi connectivity index (χ3v) is 4.00. The van der Waals surface area contributed by atoms with Crippen molar-refractivity contribution in [3.05, 3.63) is 48.0 Å². The second kappa shape index (κ2) is 13.4. The van der Waals surface area contributed by atoms with Gasteiger partial charge in [0.2, 0.25) is 0 Å². The number of carbonyl (C=O) groups excluding carboxylic acids is 3. The first kappa shape index (κ1) is 25.2. The minimum absolute atomic E-state index is 0.219. The minimum atomic E-state index is -0.864. The molecule has 176 valence electrons. The Bertz CT molecular complexity index is 975. The smallest absolute Gasteiger partial charge is 0.329 e. The largest absolute Gasteiger partial charge is 0.494 e. The topological polar surface area (TPSA) is 127 Å². The van der Waals surface area contributed by atoms with Crippen molar-refractivity contribution >= 4 is 29.6 Å². The standard InChI is InChI=1S/C23H28N4O6/c1-4-24-22(29)23(30)27-25-14-16-7-12-19(20(13-16)32-6-3)33-15-21(28)26-17-8-10-18(11-9-17)31-5-2/h7-14H,4-6,15H2,1-3H3,(H,24,29)(H,26,28)(H,27,30)/b25-14-. The van der Waals surface area contributed by atoms with Gasteiger partial charge in [-0.25, -0.2) is 5.43 Å². The van der Waals surface area contributed by atoms with Gasteiger partial charge in [-0.1, -0.05) is 0 Å². The lowest BCUT2D eigenvalue weighted by Gasteiger charge is -2.13. The third kappa shape index (κ3) is 8.52. The lowest BCUT2D eigenvalue weighted by Crippen LogP contribution is -2.37. The first-order chi connectivity index (χ1) is 16.0. The zero-order valence-corrected chi connectivity index (χ0v) is 18.8. The van der Waals surface area contributed by atoms with Crippen LogP contribution in [0.15, 0.2) is 47.6 Å². The number of hydrogen-bond donors (Lipinski definition) is 3. The molecule has 0 bridgehead atoms. The van der Waals surface area contributed by atoms with Gasteiger partial charge in [-0.05, 0) is 68.8 Å². The number of nitrogens with zero attached hydrogens (tertiary/aromatic N) is 1. The lowest BCUT2D eigenvalue weighted by molar-refractivity contribution is -0.139. The van der Waals surface area contributed by atoms with E-state index in [9.17, 15) is 14.4 Å². The first-order valence-electron chi connectivity index (χ1n) is 10.5. The highest BCUT2D eigenvalue weighted by Gasteiger charge is 2.11. The fourth-order valence-electron chi connectivity index (χ4n) is 2.59. The van der Waals surface area contributed by atoms with Gasteiger partial charge in [0.05, 0.1) is 19.4 Å². The zero-order chi connectivity index (χ0) is 24.1. The van der Waals surface area contributed by atoms with Crippen molar-refractivity contribution in [1.29, 1.82) is 0 Å². The van der Waals surface area contributed by atoms with Crippen LogP contribution in [0.3, 0.4) is 0 Å². The van der Waals surface area contributed by atoms with E-state index >= 15 is 0 Å². The van der Waals surface area contributed by atoms with Crippen molar-refractivity contribution in [2.24, 2.45) is 5.10 Å². The average Bonchev–Trinajstić information content (AvgIpc) is 2.80. The van der Waals surface area contributed by atoms with Crippen molar-refractivity contribution in [2.45, 2.75) is 20.8 Å². The number of hydrogen-bond acceptors (Lipinski definition) is 7. The normalized spacial score (nSPS) is 10.4. The molecule has 10 heteroatoms. The number of anilines is 1. The SMILES string of the molecule is CCNC(=O)C(=O)N/N=C\c1ccc(OCC(=O)Nc2ccc(OCC)cc2)c(OCC)c1. The molecule has 0 atom stereocenters. The molecule has 0 fully saturated rings. The maximum Gasteiger partial charge on any atom is 0.329 e. The Morgan fingerprint density at radius 1 is 0.879 bits per heavy atom. The fourth-order valence-corrected chi connectivity index (χ4v) is 2.59. The molecule has 0 unspecified atom stereocenters. The summed E-state index contributed by atoms with van der Waals surface area (Å²) in [5, 5.41) is 8.88. The van der Waals surface area contributed by atoms with Crippen molar-refractivity contribution in [3.63, 3.8) is 0 Å². The summed E-state index contributed by atoms with van der Waals surface area (Å²) in [5.74, 6) is -0.457. The van der Waals surface area contributed by atoms with Crippen LogP contribution >= 0.6 is 0 Å². The monoisotopic (exact) mass is 456 g/mol. The number of carbonyl (C=O) groups is 3. The van der Waals surface area contributed by atoms with Crippen LogP contribution in [0.25, 0.3) is 0 Å². The summed E-state index contributed by atoms with van der Waals surface area (Å²) in [6.45, 7) is 6.49. The van der Waals surface area contributed by atoms with Gasteiger partial charge in [-0.3, -0.25) is 14.4 Å². The number of ether oxygens (including phenoxy) is 3. The Labute approximate surface area is 192 Å². The highest BCUT2D eigenvalue weighted by Crippen LogP contribution is 2.28. The highest BCUT2D eigenvalue weighted by atomic mass is 16.5.